The summed E-state index contributed by atoms with van der Waals surface area (Å²) in [5.41, 5.74) is 0.913. The van der Waals surface area contributed by atoms with Gasteiger partial charge in [-0.1, -0.05) is 0 Å². The number of fused-ring (bicyclic) bond motifs is 1. The molecule has 0 fully saturated rings. The molecule has 2 atom stereocenters. The van der Waals surface area contributed by atoms with Crippen LogP contribution in [0.25, 0.3) is 10.9 Å². The van der Waals surface area contributed by atoms with Crippen LogP contribution in [0.1, 0.15) is 19.9 Å². The summed E-state index contributed by atoms with van der Waals surface area (Å²) in [6.45, 7) is 4.08. The molecule has 0 radical (unpaired) electrons. The van der Waals surface area contributed by atoms with Crippen molar-refractivity contribution in [2.75, 3.05) is 7.11 Å². The fourth-order valence-electron chi connectivity index (χ4n) is 1.90. The molecule has 0 saturated heterocycles. The molecule has 1 aromatic heterocycles. The van der Waals surface area contributed by atoms with Crippen LogP contribution in [-0.4, -0.2) is 17.8 Å². The summed E-state index contributed by atoms with van der Waals surface area (Å²) < 4.78 is 20.5. The maximum atomic E-state index is 13.2. The van der Waals surface area contributed by atoms with Crippen molar-refractivity contribution in [3.63, 3.8) is 0 Å². The lowest BCUT2D eigenvalue weighted by Gasteiger charge is -2.21. The van der Waals surface area contributed by atoms with Gasteiger partial charge in [0.2, 0.25) is 0 Å². The van der Waals surface area contributed by atoms with Crippen LogP contribution in [0.4, 0.5) is 4.39 Å². The van der Waals surface area contributed by atoms with E-state index < -0.39 is 0 Å². The van der Waals surface area contributed by atoms with Crippen molar-refractivity contribution in [1.29, 1.82) is 0 Å². The van der Waals surface area contributed by atoms with E-state index in [0.717, 1.165) is 10.9 Å². The molecule has 0 spiro atoms. The van der Waals surface area contributed by atoms with E-state index in [0.29, 0.717) is 0 Å². The molecule has 16 heavy (non-hydrogen) atoms. The Morgan fingerprint density at radius 1 is 1.25 bits per heavy atom. The summed E-state index contributed by atoms with van der Waals surface area (Å²) in [6.07, 6.45) is 2.07. The van der Waals surface area contributed by atoms with E-state index in [2.05, 4.69) is 6.92 Å². The Hall–Kier alpha value is -1.35. The Bertz CT molecular complexity index is 492. The number of benzene rings is 1. The molecule has 2 rings (SSSR count). The molecule has 0 aliphatic carbocycles. The van der Waals surface area contributed by atoms with Gasteiger partial charge >= 0.3 is 0 Å². The number of hydrogen-bond donors (Lipinski definition) is 0. The SMILES string of the molecule is COC(C)C(C)n1ccc2ccc(F)cc21. The van der Waals surface area contributed by atoms with Crippen molar-refractivity contribution in [3.05, 3.63) is 36.3 Å². The summed E-state index contributed by atoms with van der Waals surface area (Å²) in [5, 5.41) is 1.05. The first-order valence-electron chi connectivity index (χ1n) is 5.42. The normalized spacial score (nSPS) is 15.2. The first-order valence-corrected chi connectivity index (χ1v) is 5.42. The van der Waals surface area contributed by atoms with Crippen molar-refractivity contribution in [3.8, 4) is 0 Å². The van der Waals surface area contributed by atoms with Gasteiger partial charge in [0, 0.05) is 13.3 Å². The smallest absolute Gasteiger partial charge is 0.125 e. The van der Waals surface area contributed by atoms with Crippen LogP contribution >= 0.6 is 0 Å². The summed E-state index contributed by atoms with van der Waals surface area (Å²) in [6, 6.07) is 7.02. The lowest BCUT2D eigenvalue weighted by atomic mass is 10.2. The molecule has 0 aliphatic heterocycles. The first-order chi connectivity index (χ1) is 7.63. The minimum Gasteiger partial charge on any atom is -0.380 e. The van der Waals surface area contributed by atoms with Crippen molar-refractivity contribution in [2.24, 2.45) is 0 Å². The predicted octanol–water partition coefficient (Wildman–Crippen LogP) is 3.38. The molecule has 1 heterocycles. The molecule has 0 bridgehead atoms. The van der Waals surface area contributed by atoms with Gasteiger partial charge in [0.25, 0.3) is 0 Å². The Labute approximate surface area is 94.6 Å². The third-order valence-electron chi connectivity index (χ3n) is 3.18. The topological polar surface area (TPSA) is 14.2 Å². The highest BCUT2D eigenvalue weighted by Crippen LogP contribution is 2.23. The molecule has 3 heteroatoms. The van der Waals surface area contributed by atoms with Crippen LogP contribution in [0.15, 0.2) is 30.5 Å². The van der Waals surface area contributed by atoms with Gasteiger partial charge in [-0.25, -0.2) is 4.39 Å². The maximum absolute atomic E-state index is 13.2. The Morgan fingerprint density at radius 2 is 2.00 bits per heavy atom. The predicted molar refractivity (Wildman–Crippen MR) is 63.1 cm³/mol. The van der Waals surface area contributed by atoms with Crippen molar-refractivity contribution < 1.29 is 9.13 Å². The van der Waals surface area contributed by atoms with Crippen LogP contribution in [0.3, 0.4) is 0 Å². The van der Waals surface area contributed by atoms with Crippen LogP contribution in [-0.2, 0) is 4.74 Å². The van der Waals surface area contributed by atoms with Gasteiger partial charge in [-0.3, -0.25) is 0 Å². The van der Waals surface area contributed by atoms with Crippen molar-refractivity contribution in [1.82, 2.24) is 4.57 Å². The molecular formula is C13H16FNO. The minimum atomic E-state index is -0.204. The van der Waals surface area contributed by atoms with Crippen molar-refractivity contribution >= 4 is 10.9 Å². The zero-order valence-electron chi connectivity index (χ0n) is 9.77. The summed E-state index contributed by atoms with van der Waals surface area (Å²) >= 11 is 0. The second-order valence-corrected chi connectivity index (χ2v) is 4.11. The van der Waals surface area contributed by atoms with E-state index in [1.54, 1.807) is 19.2 Å². The van der Waals surface area contributed by atoms with Crippen LogP contribution in [0.2, 0.25) is 0 Å². The summed E-state index contributed by atoms with van der Waals surface area (Å²) in [5.74, 6) is -0.204. The molecule has 0 amide bonds. The quantitative estimate of drug-likeness (QED) is 0.775. The van der Waals surface area contributed by atoms with Gasteiger partial charge in [0.15, 0.2) is 0 Å². The molecule has 0 saturated carbocycles. The number of hydrogen-bond acceptors (Lipinski definition) is 1. The third kappa shape index (κ3) is 1.83. The molecule has 2 nitrogen and oxygen atoms in total. The van der Waals surface area contributed by atoms with E-state index in [9.17, 15) is 4.39 Å². The lowest BCUT2D eigenvalue weighted by Crippen LogP contribution is -2.19. The number of nitrogens with zero attached hydrogens (tertiary/aromatic N) is 1. The van der Waals surface area contributed by atoms with Gasteiger partial charge in [0.05, 0.1) is 17.7 Å². The standard InChI is InChI=1S/C13H16FNO/c1-9(10(2)16-3)15-7-6-11-4-5-12(14)8-13(11)15/h4-10H,1-3H3. The average Bonchev–Trinajstić information content (AvgIpc) is 2.69. The van der Waals surface area contributed by atoms with Crippen molar-refractivity contribution in [2.45, 2.75) is 26.0 Å². The number of rotatable bonds is 3. The molecular weight excluding hydrogens is 205 g/mol. The van der Waals surface area contributed by atoms with Gasteiger partial charge in [0.1, 0.15) is 5.82 Å². The monoisotopic (exact) mass is 221 g/mol. The summed E-state index contributed by atoms with van der Waals surface area (Å²) in [4.78, 5) is 0. The highest BCUT2D eigenvalue weighted by atomic mass is 19.1. The van der Waals surface area contributed by atoms with Crippen LogP contribution in [0, 0.1) is 5.82 Å². The molecule has 86 valence electrons. The fraction of sp³-hybridized carbons (Fsp3) is 0.385. The Balaban J connectivity index is 2.48. The lowest BCUT2D eigenvalue weighted by molar-refractivity contribution is 0.0792. The van der Waals surface area contributed by atoms with Crippen LogP contribution in [0.5, 0.6) is 0 Å². The van der Waals surface area contributed by atoms with E-state index >= 15 is 0 Å². The molecule has 1 aromatic carbocycles. The third-order valence-corrected chi connectivity index (χ3v) is 3.18. The Kier molecular flexibility index (Phi) is 2.97. The zero-order chi connectivity index (χ0) is 11.7. The Morgan fingerprint density at radius 3 is 2.69 bits per heavy atom. The highest BCUT2D eigenvalue weighted by Gasteiger charge is 2.15. The van der Waals surface area contributed by atoms with E-state index in [-0.39, 0.29) is 18.0 Å². The molecule has 0 N–H and O–H groups in total. The number of methoxy groups -OCH3 is 1. The van der Waals surface area contributed by atoms with Crippen LogP contribution < -0.4 is 0 Å². The number of ether oxygens (including phenoxy) is 1. The largest absolute Gasteiger partial charge is 0.380 e. The number of aromatic nitrogens is 1. The van der Waals surface area contributed by atoms with Gasteiger partial charge < -0.3 is 9.30 Å². The maximum Gasteiger partial charge on any atom is 0.125 e. The number of halogens is 1. The zero-order valence-corrected chi connectivity index (χ0v) is 9.77. The fourth-order valence-corrected chi connectivity index (χ4v) is 1.90. The van der Waals surface area contributed by atoms with E-state index in [1.165, 1.54) is 6.07 Å². The van der Waals surface area contributed by atoms with E-state index in [4.69, 9.17) is 4.74 Å². The van der Waals surface area contributed by atoms with Gasteiger partial charge in [-0.15, -0.1) is 0 Å². The second-order valence-electron chi connectivity index (χ2n) is 4.11. The van der Waals surface area contributed by atoms with Gasteiger partial charge in [-0.05, 0) is 43.5 Å². The first kappa shape index (κ1) is 11.1. The second kappa shape index (κ2) is 4.26. The highest BCUT2D eigenvalue weighted by molar-refractivity contribution is 5.80. The average molecular weight is 221 g/mol. The van der Waals surface area contributed by atoms with Gasteiger partial charge in [-0.2, -0.15) is 0 Å². The minimum absolute atomic E-state index is 0.0962. The summed E-state index contributed by atoms with van der Waals surface area (Å²) in [7, 11) is 1.69. The molecule has 2 aromatic rings. The molecule has 2 unspecified atom stereocenters. The molecule has 0 aliphatic rings. The van der Waals surface area contributed by atoms with E-state index in [1.807, 2.05) is 23.8 Å².